The first-order valence-electron chi connectivity index (χ1n) is 7.14. The summed E-state index contributed by atoms with van der Waals surface area (Å²) in [6.07, 6.45) is 3.46. The Morgan fingerprint density at radius 2 is 2.24 bits per heavy atom. The Morgan fingerprint density at radius 1 is 1.48 bits per heavy atom. The van der Waals surface area contributed by atoms with Crippen LogP contribution in [0.25, 0.3) is 0 Å². The molecular formula is C16H25N3O2. The summed E-state index contributed by atoms with van der Waals surface area (Å²) in [5.74, 6) is 0.588. The van der Waals surface area contributed by atoms with Crippen molar-refractivity contribution >= 4 is 12.0 Å². The molecule has 0 aliphatic rings. The van der Waals surface area contributed by atoms with Crippen molar-refractivity contribution in [1.82, 2.24) is 9.88 Å². The van der Waals surface area contributed by atoms with Gasteiger partial charge in [0.15, 0.2) is 0 Å². The molecule has 116 valence electrons. The van der Waals surface area contributed by atoms with Gasteiger partial charge in [-0.3, -0.25) is 0 Å². The third-order valence-corrected chi connectivity index (χ3v) is 2.84. The molecule has 0 saturated heterocycles. The SMILES string of the molecule is C=CCOCC(C)Oc1ccc(N=CN(C)CC)c(C)n1. The normalized spacial score (nSPS) is 12.4. The molecule has 0 saturated carbocycles. The molecule has 1 atom stereocenters. The molecule has 0 aliphatic carbocycles. The zero-order valence-corrected chi connectivity index (χ0v) is 13.4. The van der Waals surface area contributed by atoms with E-state index in [1.807, 2.05) is 37.9 Å². The molecule has 0 spiro atoms. The second-order valence-electron chi connectivity index (χ2n) is 4.83. The van der Waals surface area contributed by atoms with Gasteiger partial charge in [-0.1, -0.05) is 6.08 Å². The van der Waals surface area contributed by atoms with Crippen LogP contribution in [0.4, 0.5) is 5.69 Å². The Labute approximate surface area is 127 Å². The van der Waals surface area contributed by atoms with Crippen LogP contribution in [0.15, 0.2) is 29.8 Å². The summed E-state index contributed by atoms with van der Waals surface area (Å²) >= 11 is 0. The quantitative estimate of drug-likeness (QED) is 0.304. The maximum atomic E-state index is 5.71. The van der Waals surface area contributed by atoms with Crippen LogP contribution in [0.2, 0.25) is 0 Å². The Balaban J connectivity index is 2.61. The number of rotatable bonds is 9. The van der Waals surface area contributed by atoms with E-state index in [0.717, 1.165) is 17.9 Å². The standard InChI is InChI=1S/C16H25N3O2/c1-6-10-20-11-13(3)21-16-9-8-15(14(4)18-16)17-12-19(5)7-2/h6,8-9,12-13H,1,7,10-11H2,2-5H3. The molecule has 1 heterocycles. The van der Waals surface area contributed by atoms with Gasteiger partial charge in [-0.15, -0.1) is 6.58 Å². The highest BCUT2D eigenvalue weighted by Gasteiger charge is 2.07. The lowest BCUT2D eigenvalue weighted by Gasteiger charge is -2.14. The molecular weight excluding hydrogens is 266 g/mol. The number of aromatic nitrogens is 1. The Morgan fingerprint density at radius 3 is 2.86 bits per heavy atom. The number of aryl methyl sites for hydroxylation is 1. The van der Waals surface area contributed by atoms with Gasteiger partial charge in [0.1, 0.15) is 6.10 Å². The minimum Gasteiger partial charge on any atom is -0.472 e. The largest absolute Gasteiger partial charge is 0.472 e. The summed E-state index contributed by atoms with van der Waals surface area (Å²) in [5.41, 5.74) is 1.69. The predicted molar refractivity (Wildman–Crippen MR) is 86.5 cm³/mol. The van der Waals surface area contributed by atoms with Gasteiger partial charge in [-0.25, -0.2) is 9.98 Å². The molecule has 0 bridgehead atoms. The fraction of sp³-hybridized carbons (Fsp3) is 0.500. The van der Waals surface area contributed by atoms with Crippen LogP contribution in [-0.4, -0.2) is 49.1 Å². The highest BCUT2D eigenvalue weighted by atomic mass is 16.5. The van der Waals surface area contributed by atoms with Crippen LogP contribution in [0.1, 0.15) is 19.5 Å². The molecule has 5 nitrogen and oxygen atoms in total. The molecule has 1 rings (SSSR count). The Kier molecular flexibility index (Phi) is 7.46. The van der Waals surface area contributed by atoms with Crippen LogP contribution in [-0.2, 0) is 4.74 Å². The molecule has 21 heavy (non-hydrogen) atoms. The number of nitrogens with zero attached hydrogens (tertiary/aromatic N) is 3. The molecule has 0 aliphatic heterocycles. The van der Waals surface area contributed by atoms with E-state index in [4.69, 9.17) is 9.47 Å². The molecule has 1 aromatic rings. The van der Waals surface area contributed by atoms with Gasteiger partial charge in [0.2, 0.25) is 5.88 Å². The summed E-state index contributed by atoms with van der Waals surface area (Å²) in [6.45, 7) is 11.5. The van der Waals surface area contributed by atoms with E-state index in [-0.39, 0.29) is 6.10 Å². The van der Waals surface area contributed by atoms with E-state index in [2.05, 4.69) is 23.5 Å². The number of aliphatic imine (C=N–C) groups is 1. The number of hydrogen-bond donors (Lipinski definition) is 0. The number of hydrogen-bond acceptors (Lipinski definition) is 4. The van der Waals surface area contributed by atoms with Gasteiger partial charge in [0.25, 0.3) is 0 Å². The van der Waals surface area contributed by atoms with Crippen molar-refractivity contribution in [2.24, 2.45) is 4.99 Å². The highest BCUT2D eigenvalue weighted by molar-refractivity contribution is 5.62. The minimum absolute atomic E-state index is 0.0579. The van der Waals surface area contributed by atoms with Gasteiger partial charge in [-0.05, 0) is 26.8 Å². The molecule has 0 radical (unpaired) electrons. The van der Waals surface area contributed by atoms with Crippen LogP contribution in [0.3, 0.4) is 0 Å². The lowest BCUT2D eigenvalue weighted by atomic mass is 10.3. The first-order valence-corrected chi connectivity index (χ1v) is 7.14. The molecule has 1 aromatic heterocycles. The zero-order valence-electron chi connectivity index (χ0n) is 13.4. The van der Waals surface area contributed by atoms with Crippen LogP contribution >= 0.6 is 0 Å². The fourth-order valence-electron chi connectivity index (χ4n) is 1.53. The molecule has 0 aromatic carbocycles. The van der Waals surface area contributed by atoms with Crippen molar-refractivity contribution in [2.75, 3.05) is 26.8 Å². The molecule has 0 fully saturated rings. The number of pyridine rings is 1. The van der Waals surface area contributed by atoms with E-state index in [0.29, 0.717) is 19.1 Å². The average molecular weight is 291 g/mol. The van der Waals surface area contributed by atoms with Crippen molar-refractivity contribution in [3.63, 3.8) is 0 Å². The lowest BCUT2D eigenvalue weighted by molar-refractivity contribution is 0.0711. The fourth-order valence-corrected chi connectivity index (χ4v) is 1.53. The van der Waals surface area contributed by atoms with Crippen LogP contribution in [0, 0.1) is 6.92 Å². The van der Waals surface area contributed by atoms with Crippen molar-refractivity contribution in [2.45, 2.75) is 26.9 Å². The second-order valence-corrected chi connectivity index (χ2v) is 4.83. The summed E-state index contributed by atoms with van der Waals surface area (Å²) < 4.78 is 11.1. The monoisotopic (exact) mass is 291 g/mol. The predicted octanol–water partition coefficient (Wildman–Crippen LogP) is 2.97. The molecule has 0 amide bonds. The summed E-state index contributed by atoms with van der Waals surface area (Å²) in [7, 11) is 1.98. The third kappa shape index (κ3) is 6.40. The zero-order chi connectivity index (χ0) is 15.7. The molecule has 0 N–H and O–H groups in total. The minimum atomic E-state index is -0.0579. The van der Waals surface area contributed by atoms with E-state index < -0.39 is 0 Å². The molecule has 5 heteroatoms. The summed E-state index contributed by atoms with van der Waals surface area (Å²) in [4.78, 5) is 10.8. The number of ether oxygens (including phenoxy) is 2. The van der Waals surface area contributed by atoms with E-state index in [1.165, 1.54) is 0 Å². The van der Waals surface area contributed by atoms with Crippen molar-refractivity contribution in [1.29, 1.82) is 0 Å². The van der Waals surface area contributed by atoms with Crippen molar-refractivity contribution < 1.29 is 9.47 Å². The van der Waals surface area contributed by atoms with E-state index >= 15 is 0 Å². The van der Waals surface area contributed by atoms with E-state index in [1.54, 1.807) is 12.4 Å². The Hall–Kier alpha value is -1.88. The van der Waals surface area contributed by atoms with Gasteiger partial charge in [-0.2, -0.15) is 0 Å². The first kappa shape index (κ1) is 17.2. The smallest absolute Gasteiger partial charge is 0.213 e. The van der Waals surface area contributed by atoms with Gasteiger partial charge >= 0.3 is 0 Å². The van der Waals surface area contributed by atoms with Crippen LogP contribution < -0.4 is 4.74 Å². The van der Waals surface area contributed by atoms with Gasteiger partial charge < -0.3 is 14.4 Å². The second kappa shape index (κ2) is 9.13. The highest BCUT2D eigenvalue weighted by Crippen LogP contribution is 2.20. The van der Waals surface area contributed by atoms with Gasteiger partial charge in [0, 0.05) is 19.7 Å². The van der Waals surface area contributed by atoms with Crippen molar-refractivity contribution in [3.05, 3.63) is 30.5 Å². The first-order chi connectivity index (χ1) is 10.1. The maximum absolute atomic E-state index is 5.71. The summed E-state index contributed by atoms with van der Waals surface area (Å²) in [6, 6.07) is 3.74. The van der Waals surface area contributed by atoms with Gasteiger partial charge in [0.05, 0.1) is 30.9 Å². The average Bonchev–Trinajstić information content (AvgIpc) is 2.46. The maximum Gasteiger partial charge on any atom is 0.213 e. The molecule has 1 unspecified atom stereocenters. The topological polar surface area (TPSA) is 47.0 Å². The third-order valence-electron chi connectivity index (χ3n) is 2.84. The van der Waals surface area contributed by atoms with E-state index in [9.17, 15) is 0 Å². The van der Waals surface area contributed by atoms with Crippen LogP contribution in [0.5, 0.6) is 5.88 Å². The Bertz CT molecular complexity index is 475. The summed E-state index contributed by atoms with van der Waals surface area (Å²) in [5, 5.41) is 0. The van der Waals surface area contributed by atoms with Crippen molar-refractivity contribution in [3.8, 4) is 5.88 Å². The lowest BCUT2D eigenvalue weighted by Crippen LogP contribution is -2.19.